The molecule has 2 heterocycles. The fourth-order valence-corrected chi connectivity index (χ4v) is 1.99. The first-order valence-electron chi connectivity index (χ1n) is 5.95. The predicted molar refractivity (Wildman–Crippen MR) is 63.9 cm³/mol. The quantitative estimate of drug-likeness (QED) is 0.598. The van der Waals surface area contributed by atoms with Crippen LogP contribution in [0.25, 0.3) is 0 Å². The van der Waals surface area contributed by atoms with Crippen LogP contribution in [0.5, 0.6) is 0 Å². The zero-order valence-electron chi connectivity index (χ0n) is 10.6. The lowest BCUT2D eigenvalue weighted by atomic mass is 9.97. The lowest BCUT2D eigenvalue weighted by molar-refractivity contribution is -0.684. The first kappa shape index (κ1) is 13.2. The minimum absolute atomic E-state index is 0.0326. The number of amides is 1. The molecule has 0 radical (unpaired) electrons. The third-order valence-electron chi connectivity index (χ3n) is 3.20. The molecule has 1 atom stereocenters. The Morgan fingerprint density at radius 3 is 2.84 bits per heavy atom. The molecule has 0 aliphatic carbocycles. The summed E-state index contributed by atoms with van der Waals surface area (Å²) >= 11 is 0. The molecule has 6 heteroatoms. The summed E-state index contributed by atoms with van der Waals surface area (Å²) in [5.74, 6) is -1.11. The number of aromatic nitrogens is 1. The number of cyclic esters (lactones) is 1. The van der Waals surface area contributed by atoms with E-state index in [9.17, 15) is 14.4 Å². The van der Waals surface area contributed by atoms with Crippen LogP contribution in [0.15, 0.2) is 24.5 Å². The summed E-state index contributed by atoms with van der Waals surface area (Å²) < 4.78 is 6.62. The van der Waals surface area contributed by atoms with Crippen LogP contribution < -0.4 is 10.3 Å². The van der Waals surface area contributed by atoms with Crippen LogP contribution in [0.1, 0.15) is 30.1 Å². The Morgan fingerprint density at radius 2 is 2.26 bits per heavy atom. The number of carbonyl (C=O) groups is 3. The zero-order chi connectivity index (χ0) is 14.0. The third kappa shape index (κ3) is 2.78. The lowest BCUT2D eigenvalue weighted by Crippen LogP contribution is -2.47. The van der Waals surface area contributed by atoms with Gasteiger partial charge in [0.15, 0.2) is 18.0 Å². The number of hydrogen-bond acceptors (Lipinski definition) is 4. The van der Waals surface area contributed by atoms with Crippen LogP contribution in [0.3, 0.4) is 0 Å². The Morgan fingerprint density at radius 1 is 1.53 bits per heavy atom. The number of pyridine rings is 1. The highest BCUT2D eigenvalue weighted by Gasteiger charge is 2.43. The van der Waals surface area contributed by atoms with Gasteiger partial charge in [0, 0.05) is 18.9 Å². The number of primary amides is 1. The number of ketones is 1. The van der Waals surface area contributed by atoms with Gasteiger partial charge in [0.25, 0.3) is 5.91 Å². The lowest BCUT2D eigenvalue weighted by Gasteiger charge is -2.18. The number of Topliss-reactive ketones (excluding diaryl/α,β-unsaturated/α-hetero) is 1. The van der Waals surface area contributed by atoms with Gasteiger partial charge < -0.3 is 10.5 Å². The molecule has 0 spiro atoms. The van der Waals surface area contributed by atoms with Crippen LogP contribution in [0.2, 0.25) is 0 Å². The van der Waals surface area contributed by atoms with Crippen molar-refractivity contribution in [1.29, 1.82) is 0 Å². The molecule has 2 N–H and O–H groups in total. The molecular formula is C13H15N2O4+. The van der Waals surface area contributed by atoms with Crippen LogP contribution in [0.4, 0.5) is 0 Å². The Balaban J connectivity index is 2.13. The van der Waals surface area contributed by atoms with Crippen molar-refractivity contribution in [2.75, 3.05) is 0 Å². The minimum atomic E-state index is -1.06. The Bertz CT molecular complexity index is 555. The molecule has 1 aromatic rings. The molecule has 1 amide bonds. The molecule has 0 aromatic carbocycles. The van der Waals surface area contributed by atoms with Gasteiger partial charge in [-0.05, 0) is 13.0 Å². The highest BCUT2D eigenvalue weighted by Crippen LogP contribution is 2.27. The first-order valence-corrected chi connectivity index (χ1v) is 5.95. The molecule has 1 saturated heterocycles. The van der Waals surface area contributed by atoms with Gasteiger partial charge in [0.1, 0.15) is 5.56 Å². The summed E-state index contributed by atoms with van der Waals surface area (Å²) in [6, 6.07) is 3.21. The number of ether oxygens (including phenoxy) is 1. The predicted octanol–water partition coefficient (Wildman–Crippen LogP) is -0.262. The Labute approximate surface area is 110 Å². The fourth-order valence-electron chi connectivity index (χ4n) is 1.99. The summed E-state index contributed by atoms with van der Waals surface area (Å²) in [5, 5.41) is 0. The van der Waals surface area contributed by atoms with Crippen molar-refractivity contribution in [3.05, 3.63) is 30.1 Å². The maximum Gasteiger partial charge on any atom is 0.306 e. The van der Waals surface area contributed by atoms with E-state index in [1.54, 1.807) is 29.8 Å². The number of nitrogens with two attached hydrogens (primary N) is 1. The molecule has 1 aliphatic rings. The van der Waals surface area contributed by atoms with E-state index >= 15 is 0 Å². The van der Waals surface area contributed by atoms with Gasteiger partial charge in [0.05, 0.1) is 0 Å². The van der Waals surface area contributed by atoms with Gasteiger partial charge in [-0.1, -0.05) is 0 Å². The average molecular weight is 263 g/mol. The molecule has 6 nitrogen and oxygen atoms in total. The summed E-state index contributed by atoms with van der Waals surface area (Å²) in [6.07, 6.45) is 3.81. The van der Waals surface area contributed by atoms with E-state index in [0.29, 0.717) is 12.0 Å². The number of rotatable bonds is 4. The number of nitrogens with zero attached hydrogens (tertiary/aromatic N) is 1. The first-order chi connectivity index (χ1) is 8.90. The van der Waals surface area contributed by atoms with Crippen molar-refractivity contribution in [2.45, 2.75) is 31.9 Å². The molecule has 19 heavy (non-hydrogen) atoms. The van der Waals surface area contributed by atoms with Crippen LogP contribution in [-0.2, 0) is 20.9 Å². The van der Waals surface area contributed by atoms with Gasteiger partial charge in [0.2, 0.25) is 12.3 Å². The molecule has 0 saturated carbocycles. The normalized spacial score (nSPS) is 22.1. The Kier molecular flexibility index (Phi) is 3.33. The summed E-state index contributed by atoms with van der Waals surface area (Å²) in [7, 11) is 0. The van der Waals surface area contributed by atoms with E-state index in [0.717, 1.165) is 0 Å². The van der Waals surface area contributed by atoms with E-state index in [-0.39, 0.29) is 24.7 Å². The highest BCUT2D eigenvalue weighted by molar-refractivity contribution is 5.92. The van der Waals surface area contributed by atoms with Gasteiger partial charge in [-0.3, -0.25) is 14.4 Å². The molecule has 2 rings (SSSR count). The van der Waals surface area contributed by atoms with Gasteiger partial charge in [-0.25, -0.2) is 0 Å². The van der Waals surface area contributed by atoms with Crippen LogP contribution >= 0.6 is 0 Å². The largest absolute Gasteiger partial charge is 0.451 e. The summed E-state index contributed by atoms with van der Waals surface area (Å²) in [5.41, 5.74) is 4.43. The molecule has 0 bridgehead atoms. The summed E-state index contributed by atoms with van der Waals surface area (Å²) in [4.78, 5) is 34.3. The average Bonchev–Trinajstić information content (AvgIpc) is 2.71. The molecule has 1 aromatic heterocycles. The maximum absolute atomic E-state index is 12.1. The van der Waals surface area contributed by atoms with Crippen molar-refractivity contribution in [3.63, 3.8) is 0 Å². The van der Waals surface area contributed by atoms with Crippen LogP contribution in [-0.4, -0.2) is 23.3 Å². The number of esters is 1. The van der Waals surface area contributed by atoms with Crippen molar-refractivity contribution in [2.24, 2.45) is 5.73 Å². The van der Waals surface area contributed by atoms with Crippen molar-refractivity contribution >= 4 is 17.7 Å². The van der Waals surface area contributed by atoms with E-state index in [1.807, 2.05) is 0 Å². The number of carbonyl (C=O) groups excluding carboxylic acids is 3. The number of hydrogen-bond donors (Lipinski definition) is 1. The van der Waals surface area contributed by atoms with Gasteiger partial charge in [-0.2, -0.15) is 4.57 Å². The monoisotopic (exact) mass is 263 g/mol. The van der Waals surface area contributed by atoms with Gasteiger partial charge >= 0.3 is 5.97 Å². The van der Waals surface area contributed by atoms with E-state index in [4.69, 9.17) is 10.5 Å². The summed E-state index contributed by atoms with van der Waals surface area (Å²) in [6.45, 7) is 1.64. The van der Waals surface area contributed by atoms with Crippen molar-refractivity contribution in [3.8, 4) is 0 Å². The van der Waals surface area contributed by atoms with E-state index in [1.165, 1.54) is 6.20 Å². The molecular weight excluding hydrogens is 248 g/mol. The fraction of sp³-hybridized carbons (Fsp3) is 0.385. The third-order valence-corrected chi connectivity index (χ3v) is 3.20. The zero-order valence-corrected chi connectivity index (χ0v) is 10.6. The smallest absolute Gasteiger partial charge is 0.306 e. The van der Waals surface area contributed by atoms with Crippen molar-refractivity contribution < 1.29 is 23.7 Å². The standard InChI is InChI=1S/C13H14N2O4/c1-13(5-4-11(17)19-13)10(16)8-15-6-2-3-9(7-15)12(14)18/h2-3,6-7H,4-5,8H2,1H3,(H-,14,18)/p+1/t13-/m0/s1. The topological polar surface area (TPSA) is 90.3 Å². The van der Waals surface area contributed by atoms with Crippen LogP contribution in [0, 0.1) is 0 Å². The van der Waals surface area contributed by atoms with Gasteiger partial charge in [-0.15, -0.1) is 0 Å². The van der Waals surface area contributed by atoms with Crippen molar-refractivity contribution in [1.82, 2.24) is 0 Å². The van der Waals surface area contributed by atoms with E-state index < -0.39 is 11.5 Å². The molecule has 100 valence electrons. The molecule has 0 unspecified atom stereocenters. The molecule has 1 fully saturated rings. The SMILES string of the molecule is C[C@@]1(C(=O)C[n+]2cccc(C(N)=O)c2)CCC(=O)O1. The second-order valence-corrected chi connectivity index (χ2v) is 4.76. The molecule has 1 aliphatic heterocycles. The second kappa shape index (κ2) is 4.79. The highest BCUT2D eigenvalue weighted by atomic mass is 16.6. The second-order valence-electron chi connectivity index (χ2n) is 4.76. The Hall–Kier alpha value is -2.24. The maximum atomic E-state index is 12.1. The van der Waals surface area contributed by atoms with E-state index in [2.05, 4.69) is 0 Å². The minimum Gasteiger partial charge on any atom is -0.451 e.